The summed E-state index contributed by atoms with van der Waals surface area (Å²) >= 11 is 0. The molecule has 0 aliphatic carbocycles. The zero-order valence-corrected chi connectivity index (χ0v) is 16.8. The predicted molar refractivity (Wildman–Crippen MR) is 103 cm³/mol. The molecule has 1 unspecified atom stereocenters. The molecule has 1 N–H and O–H groups in total. The van der Waals surface area contributed by atoms with Crippen LogP contribution in [0, 0.1) is 10.1 Å². The van der Waals surface area contributed by atoms with Crippen molar-refractivity contribution in [1.29, 1.82) is 0 Å². The molecule has 160 valence electrons. The zero-order chi connectivity index (χ0) is 22.4. The normalized spacial score (nSPS) is 15.8. The summed E-state index contributed by atoms with van der Waals surface area (Å²) in [5, 5.41) is 13.5. The number of non-ortho nitro benzene ring substituents is 1. The molecule has 2 rings (SSSR count). The fraction of sp³-hybridized carbons (Fsp3) is 0.316. The molecule has 1 amide bonds. The van der Waals surface area contributed by atoms with Crippen molar-refractivity contribution >= 4 is 23.7 Å². The van der Waals surface area contributed by atoms with E-state index in [0.29, 0.717) is 11.3 Å². The number of esters is 2. The first kappa shape index (κ1) is 22.4. The Balaban J connectivity index is 2.65. The van der Waals surface area contributed by atoms with Crippen LogP contribution in [0.4, 0.5) is 10.5 Å². The molecule has 0 fully saturated rings. The molecule has 0 bridgehead atoms. The number of nitro groups is 1. The van der Waals surface area contributed by atoms with Gasteiger partial charge in [0.2, 0.25) is 0 Å². The highest BCUT2D eigenvalue weighted by Crippen LogP contribution is 2.40. The van der Waals surface area contributed by atoms with Gasteiger partial charge < -0.3 is 24.4 Å². The molecular weight excluding hydrogens is 398 g/mol. The van der Waals surface area contributed by atoms with Crippen molar-refractivity contribution in [2.45, 2.75) is 12.8 Å². The molecule has 0 spiro atoms. The van der Waals surface area contributed by atoms with Crippen LogP contribution in [0.15, 0.2) is 47.3 Å². The minimum absolute atomic E-state index is 0.0181. The van der Waals surface area contributed by atoms with E-state index in [0.717, 1.165) is 0 Å². The first-order valence-corrected chi connectivity index (χ1v) is 8.69. The molecule has 11 heteroatoms. The zero-order valence-electron chi connectivity index (χ0n) is 16.8. The van der Waals surface area contributed by atoms with E-state index in [1.165, 1.54) is 50.6 Å². The molecule has 1 aromatic rings. The van der Waals surface area contributed by atoms with E-state index in [4.69, 9.17) is 14.2 Å². The lowest BCUT2D eigenvalue weighted by atomic mass is 9.81. The summed E-state index contributed by atoms with van der Waals surface area (Å²) in [4.78, 5) is 48.6. The molecule has 1 heterocycles. The molecule has 1 aliphatic rings. The van der Waals surface area contributed by atoms with Crippen LogP contribution < -0.4 is 5.32 Å². The summed E-state index contributed by atoms with van der Waals surface area (Å²) in [5.74, 6) is -2.49. The number of carbonyl (C=O) groups is 3. The van der Waals surface area contributed by atoms with Gasteiger partial charge in [0, 0.05) is 31.1 Å². The average molecular weight is 419 g/mol. The summed E-state index contributed by atoms with van der Waals surface area (Å²) in [6.45, 7) is 1.28. The van der Waals surface area contributed by atoms with Gasteiger partial charge in [-0.2, -0.15) is 0 Å². The maximum absolute atomic E-state index is 12.6. The van der Waals surface area contributed by atoms with Crippen molar-refractivity contribution < 1.29 is 33.5 Å². The molecule has 1 aliphatic heterocycles. The fourth-order valence-electron chi connectivity index (χ4n) is 3.02. The Morgan fingerprint density at radius 2 is 1.87 bits per heavy atom. The largest absolute Gasteiger partial charge is 0.466 e. The summed E-state index contributed by atoms with van der Waals surface area (Å²) < 4.78 is 14.8. The number of nitrogens with one attached hydrogen (secondary N) is 1. The van der Waals surface area contributed by atoms with Crippen molar-refractivity contribution in [1.82, 2.24) is 10.2 Å². The third kappa shape index (κ3) is 4.57. The summed E-state index contributed by atoms with van der Waals surface area (Å²) in [7, 11) is 3.73. The van der Waals surface area contributed by atoms with E-state index in [1.807, 2.05) is 0 Å². The van der Waals surface area contributed by atoms with Crippen molar-refractivity contribution in [3.05, 3.63) is 63.0 Å². The van der Waals surface area contributed by atoms with Crippen molar-refractivity contribution in [3.63, 3.8) is 0 Å². The number of benzene rings is 1. The lowest BCUT2D eigenvalue weighted by molar-refractivity contribution is -0.384. The molecule has 1 atom stereocenters. The smallest absolute Gasteiger partial charge is 0.408 e. The lowest BCUT2D eigenvalue weighted by Gasteiger charge is -2.33. The number of nitro benzene ring substituents is 1. The third-order valence-corrected chi connectivity index (χ3v) is 4.49. The SMILES string of the molecule is CNC(=O)OCN1C=C(C(=O)OC)C(c2cccc([N+](=O)[O-])c2)C(C(=O)OC)=C1C. The Bertz CT molecular complexity index is 937. The van der Waals surface area contributed by atoms with Gasteiger partial charge in [0.05, 0.1) is 36.2 Å². The maximum atomic E-state index is 12.6. The molecule has 0 radical (unpaired) electrons. The fourth-order valence-corrected chi connectivity index (χ4v) is 3.02. The lowest BCUT2D eigenvalue weighted by Crippen LogP contribution is -2.34. The Hall–Kier alpha value is -3.89. The maximum Gasteiger partial charge on any atom is 0.408 e. The van der Waals surface area contributed by atoms with Crippen LogP contribution in [0.3, 0.4) is 0 Å². The number of hydrogen-bond donors (Lipinski definition) is 1. The van der Waals surface area contributed by atoms with Crippen LogP contribution in [0.25, 0.3) is 0 Å². The van der Waals surface area contributed by atoms with E-state index < -0.39 is 28.9 Å². The Morgan fingerprint density at radius 3 is 2.43 bits per heavy atom. The van der Waals surface area contributed by atoms with Gasteiger partial charge in [0.25, 0.3) is 5.69 Å². The van der Waals surface area contributed by atoms with Gasteiger partial charge >= 0.3 is 18.0 Å². The first-order valence-electron chi connectivity index (χ1n) is 8.69. The second-order valence-electron chi connectivity index (χ2n) is 6.13. The van der Waals surface area contributed by atoms with E-state index in [9.17, 15) is 24.5 Å². The van der Waals surface area contributed by atoms with Crippen LogP contribution in [0.5, 0.6) is 0 Å². The minimum atomic E-state index is -0.985. The second-order valence-corrected chi connectivity index (χ2v) is 6.13. The van der Waals surface area contributed by atoms with E-state index >= 15 is 0 Å². The molecule has 0 saturated heterocycles. The number of ether oxygens (including phenoxy) is 3. The quantitative estimate of drug-likeness (QED) is 0.317. The van der Waals surface area contributed by atoms with Gasteiger partial charge in [-0.3, -0.25) is 10.1 Å². The number of allylic oxidation sites excluding steroid dienone is 1. The van der Waals surface area contributed by atoms with E-state index in [2.05, 4.69) is 5.32 Å². The molecule has 30 heavy (non-hydrogen) atoms. The number of amides is 1. The molecule has 1 aromatic carbocycles. The summed E-state index contributed by atoms with van der Waals surface area (Å²) in [5.41, 5.74) is 0.539. The molecule has 0 aromatic heterocycles. The van der Waals surface area contributed by atoms with Crippen LogP contribution in [-0.2, 0) is 23.8 Å². The highest BCUT2D eigenvalue weighted by molar-refractivity contribution is 5.99. The Kier molecular flexibility index (Phi) is 7.13. The number of hydrogen-bond acceptors (Lipinski definition) is 9. The highest BCUT2D eigenvalue weighted by Gasteiger charge is 2.38. The summed E-state index contributed by atoms with van der Waals surface area (Å²) in [6.07, 6.45) is 0.663. The highest BCUT2D eigenvalue weighted by atomic mass is 16.6. The van der Waals surface area contributed by atoms with Crippen molar-refractivity contribution in [2.75, 3.05) is 28.0 Å². The van der Waals surface area contributed by atoms with Gasteiger partial charge in [0.15, 0.2) is 6.73 Å². The van der Waals surface area contributed by atoms with Crippen molar-refractivity contribution in [3.8, 4) is 0 Å². The first-order chi connectivity index (χ1) is 14.2. The Labute approximate surface area is 172 Å². The standard InChI is InChI=1S/C19H21N3O8/c1-11-15(18(24)29-4)16(12-6-5-7-13(8-12)22(26)27)14(17(23)28-3)9-21(11)10-30-19(25)20-2/h5-9,16H,10H2,1-4H3,(H,20,25). The van der Waals surface area contributed by atoms with Gasteiger partial charge in [0.1, 0.15) is 0 Å². The summed E-state index contributed by atoms with van der Waals surface area (Å²) in [6, 6.07) is 5.58. The van der Waals surface area contributed by atoms with Gasteiger partial charge in [-0.05, 0) is 12.5 Å². The number of alkyl carbamates (subject to hydrolysis) is 1. The van der Waals surface area contributed by atoms with Crippen molar-refractivity contribution in [2.24, 2.45) is 0 Å². The number of nitrogens with zero attached hydrogens (tertiary/aromatic N) is 2. The topological polar surface area (TPSA) is 137 Å². The van der Waals surface area contributed by atoms with Crippen LogP contribution >= 0.6 is 0 Å². The number of methoxy groups -OCH3 is 2. The Morgan fingerprint density at radius 1 is 1.20 bits per heavy atom. The van der Waals surface area contributed by atoms with Gasteiger partial charge in [-0.15, -0.1) is 0 Å². The van der Waals surface area contributed by atoms with E-state index in [-0.39, 0.29) is 23.6 Å². The van der Waals surface area contributed by atoms with Crippen LogP contribution in [-0.4, -0.2) is 55.9 Å². The number of carbonyl (C=O) groups excluding carboxylic acids is 3. The van der Waals surface area contributed by atoms with E-state index in [1.54, 1.807) is 13.0 Å². The van der Waals surface area contributed by atoms with Crippen LogP contribution in [0.1, 0.15) is 18.4 Å². The average Bonchev–Trinajstić information content (AvgIpc) is 2.76. The monoisotopic (exact) mass is 419 g/mol. The number of rotatable bonds is 6. The third-order valence-electron chi connectivity index (χ3n) is 4.49. The second kappa shape index (κ2) is 9.54. The van der Waals surface area contributed by atoms with Crippen LogP contribution in [0.2, 0.25) is 0 Å². The molecule has 0 saturated carbocycles. The molecular formula is C19H21N3O8. The predicted octanol–water partition coefficient (Wildman–Crippen LogP) is 1.81. The van der Waals surface area contributed by atoms with Gasteiger partial charge in [-0.1, -0.05) is 12.1 Å². The molecule has 11 nitrogen and oxygen atoms in total. The minimum Gasteiger partial charge on any atom is -0.466 e. The van der Waals surface area contributed by atoms with Gasteiger partial charge in [-0.25, -0.2) is 14.4 Å².